The molecule has 28 heavy (non-hydrogen) atoms. The number of thioether (sulfide) groups is 1. The number of anilines is 1. The van der Waals surface area contributed by atoms with E-state index in [9.17, 15) is 9.59 Å². The largest absolute Gasteiger partial charge is 0.480 e. The van der Waals surface area contributed by atoms with E-state index in [1.807, 2.05) is 0 Å². The van der Waals surface area contributed by atoms with Crippen molar-refractivity contribution in [1.82, 2.24) is 9.88 Å². The molecule has 3 rings (SSSR count). The smallest absolute Gasteiger partial charge is 0.324 e. The van der Waals surface area contributed by atoms with Gasteiger partial charge in [0.05, 0.1) is 10.4 Å². The zero-order valence-electron chi connectivity index (χ0n) is 16.7. The Labute approximate surface area is 175 Å². The number of aliphatic carboxylic acids is 1. The van der Waals surface area contributed by atoms with Crippen LogP contribution in [0.1, 0.15) is 71.6 Å². The number of carbonyl (C=O) groups is 2. The number of carboxylic acids is 1. The minimum absolute atomic E-state index is 0.0383. The third-order valence-electron chi connectivity index (χ3n) is 5.92. The Morgan fingerprint density at radius 2 is 1.82 bits per heavy atom. The van der Waals surface area contributed by atoms with Crippen LogP contribution in [0.4, 0.5) is 9.93 Å². The second-order valence-corrected chi connectivity index (χ2v) is 10.8. The molecule has 0 aromatic carbocycles. The second kappa shape index (κ2) is 9.96. The molecule has 0 spiro atoms. The highest BCUT2D eigenvalue weighted by molar-refractivity contribution is 8.02. The van der Waals surface area contributed by atoms with Gasteiger partial charge in [-0.15, -0.1) is 0 Å². The van der Waals surface area contributed by atoms with Crippen molar-refractivity contribution in [3.05, 3.63) is 6.20 Å². The summed E-state index contributed by atoms with van der Waals surface area (Å²) in [5, 5.41) is 12.1. The molecule has 1 heterocycles. The number of amides is 2. The predicted molar refractivity (Wildman–Crippen MR) is 114 cm³/mol. The van der Waals surface area contributed by atoms with Gasteiger partial charge in [-0.25, -0.2) is 9.78 Å². The number of nitrogens with zero attached hydrogens (tertiary/aromatic N) is 2. The van der Waals surface area contributed by atoms with Gasteiger partial charge in [0.25, 0.3) is 0 Å². The van der Waals surface area contributed by atoms with Crippen LogP contribution in [0.3, 0.4) is 0 Å². The van der Waals surface area contributed by atoms with E-state index in [0.717, 1.165) is 35.8 Å². The fourth-order valence-corrected chi connectivity index (χ4v) is 6.23. The Morgan fingerprint density at radius 3 is 2.46 bits per heavy atom. The first-order valence-corrected chi connectivity index (χ1v) is 12.1. The van der Waals surface area contributed by atoms with E-state index >= 15 is 0 Å². The van der Waals surface area contributed by atoms with Crippen LogP contribution in [-0.4, -0.2) is 44.3 Å². The van der Waals surface area contributed by atoms with Gasteiger partial charge >= 0.3 is 12.0 Å². The number of hydrogen-bond donors (Lipinski definition) is 2. The predicted octanol–water partition coefficient (Wildman–Crippen LogP) is 5.45. The maximum Gasteiger partial charge on any atom is 0.324 e. The van der Waals surface area contributed by atoms with Gasteiger partial charge in [0.15, 0.2) is 5.13 Å². The number of hydrogen-bond acceptors (Lipinski definition) is 5. The van der Waals surface area contributed by atoms with Crippen molar-refractivity contribution in [3.8, 4) is 0 Å². The van der Waals surface area contributed by atoms with E-state index in [2.05, 4.69) is 22.1 Å². The highest BCUT2D eigenvalue weighted by atomic mass is 32.2. The zero-order valence-corrected chi connectivity index (χ0v) is 18.4. The van der Waals surface area contributed by atoms with E-state index in [-0.39, 0.29) is 6.03 Å². The van der Waals surface area contributed by atoms with Crippen molar-refractivity contribution in [2.75, 3.05) is 5.32 Å². The molecule has 0 saturated heterocycles. The molecule has 2 saturated carbocycles. The number of carboxylic acid groups (broad SMARTS) is 1. The maximum atomic E-state index is 13.2. The number of nitrogens with one attached hydrogen (secondary N) is 1. The molecule has 2 N–H and O–H groups in total. The summed E-state index contributed by atoms with van der Waals surface area (Å²) in [6.45, 7) is 3.95. The summed E-state index contributed by atoms with van der Waals surface area (Å²) in [6.07, 6.45) is 12.0. The fraction of sp³-hybridized carbons (Fsp3) is 0.750. The van der Waals surface area contributed by atoms with E-state index in [4.69, 9.17) is 5.11 Å². The molecule has 156 valence electrons. The highest BCUT2D eigenvalue weighted by Crippen LogP contribution is 2.34. The molecule has 2 aliphatic rings. The number of urea groups is 1. The summed E-state index contributed by atoms with van der Waals surface area (Å²) < 4.78 is 0.806. The lowest BCUT2D eigenvalue weighted by atomic mass is 9.84. The Kier molecular flexibility index (Phi) is 7.62. The second-order valence-electron chi connectivity index (χ2n) is 8.13. The van der Waals surface area contributed by atoms with Crippen LogP contribution >= 0.6 is 23.1 Å². The lowest BCUT2D eigenvalue weighted by molar-refractivity contribution is -0.136. The Bertz CT molecular complexity index is 667. The summed E-state index contributed by atoms with van der Waals surface area (Å²) in [5.41, 5.74) is 0. The molecule has 2 fully saturated rings. The first-order chi connectivity index (χ1) is 13.4. The van der Waals surface area contributed by atoms with Gasteiger partial charge in [0.2, 0.25) is 0 Å². The van der Waals surface area contributed by atoms with Gasteiger partial charge in [-0.05, 0) is 51.4 Å². The molecular formula is C20H31N3O3S2. The quantitative estimate of drug-likeness (QED) is 0.592. The van der Waals surface area contributed by atoms with E-state index in [0.29, 0.717) is 17.2 Å². The average Bonchev–Trinajstić information content (AvgIpc) is 3.11. The van der Waals surface area contributed by atoms with Gasteiger partial charge < -0.3 is 10.0 Å². The number of rotatable bonds is 6. The molecule has 0 bridgehead atoms. The lowest BCUT2D eigenvalue weighted by Gasteiger charge is -2.42. The minimum atomic E-state index is -0.848. The highest BCUT2D eigenvalue weighted by Gasteiger charge is 2.34. The first kappa shape index (κ1) is 21.4. The SMILES string of the molecule is CC1CCC(N(C(=O)Nc2ncc(SC(C)C(=O)O)s2)C2CCCCC2)CC1. The van der Waals surface area contributed by atoms with Crippen LogP contribution in [0.25, 0.3) is 0 Å². The van der Waals surface area contributed by atoms with Crippen molar-refractivity contribution < 1.29 is 14.7 Å². The van der Waals surface area contributed by atoms with Crippen LogP contribution < -0.4 is 5.32 Å². The van der Waals surface area contributed by atoms with Crippen LogP contribution in [-0.2, 0) is 4.79 Å². The molecule has 2 amide bonds. The van der Waals surface area contributed by atoms with Crippen LogP contribution in [0.5, 0.6) is 0 Å². The number of aromatic nitrogens is 1. The van der Waals surface area contributed by atoms with Crippen molar-refractivity contribution in [2.24, 2.45) is 5.92 Å². The van der Waals surface area contributed by atoms with Gasteiger partial charge in [-0.3, -0.25) is 10.1 Å². The Hall–Kier alpha value is -1.28. The normalized spacial score (nSPS) is 24.5. The third-order valence-corrected chi connectivity index (χ3v) is 8.06. The summed E-state index contributed by atoms with van der Waals surface area (Å²) in [4.78, 5) is 30.7. The van der Waals surface area contributed by atoms with E-state index in [1.165, 1.54) is 55.2 Å². The summed E-state index contributed by atoms with van der Waals surface area (Å²) in [5.74, 6) is -0.0960. The maximum absolute atomic E-state index is 13.2. The molecule has 6 nitrogen and oxygen atoms in total. The Morgan fingerprint density at radius 1 is 1.18 bits per heavy atom. The molecule has 1 aromatic heterocycles. The molecule has 2 aliphatic carbocycles. The fourth-order valence-electron chi connectivity index (χ4n) is 4.26. The van der Waals surface area contributed by atoms with E-state index in [1.54, 1.807) is 13.1 Å². The average molecular weight is 426 g/mol. The topological polar surface area (TPSA) is 82.5 Å². The molecule has 8 heteroatoms. The minimum Gasteiger partial charge on any atom is -0.480 e. The summed E-state index contributed by atoms with van der Waals surface area (Å²) >= 11 is 2.60. The lowest BCUT2D eigenvalue weighted by Crippen LogP contribution is -2.51. The molecule has 0 aliphatic heterocycles. The van der Waals surface area contributed by atoms with Crippen LogP contribution in [0.15, 0.2) is 10.4 Å². The number of thiazole rings is 1. The van der Waals surface area contributed by atoms with Gasteiger partial charge in [-0.2, -0.15) is 0 Å². The number of carbonyl (C=O) groups excluding carboxylic acids is 1. The first-order valence-electron chi connectivity index (χ1n) is 10.4. The molecule has 1 unspecified atom stereocenters. The third kappa shape index (κ3) is 5.63. The van der Waals surface area contributed by atoms with E-state index < -0.39 is 11.2 Å². The summed E-state index contributed by atoms with van der Waals surface area (Å²) in [6, 6.07) is 0.608. The van der Waals surface area contributed by atoms with Crippen molar-refractivity contribution in [2.45, 2.75) is 93.2 Å². The molecule has 0 radical (unpaired) electrons. The zero-order chi connectivity index (χ0) is 20.1. The van der Waals surface area contributed by atoms with Crippen molar-refractivity contribution in [1.29, 1.82) is 0 Å². The van der Waals surface area contributed by atoms with Crippen LogP contribution in [0.2, 0.25) is 0 Å². The van der Waals surface area contributed by atoms with Crippen molar-refractivity contribution >= 4 is 40.2 Å². The molecular weight excluding hydrogens is 394 g/mol. The van der Waals surface area contributed by atoms with Crippen molar-refractivity contribution in [3.63, 3.8) is 0 Å². The standard InChI is InChI=1S/C20H31N3O3S2/c1-13-8-10-16(11-9-13)23(15-6-4-3-5-7-15)20(26)22-19-21-12-17(28-19)27-14(2)18(24)25/h12-16H,3-11H2,1-2H3,(H,24,25)(H,21,22,26). The van der Waals surface area contributed by atoms with Gasteiger partial charge in [0.1, 0.15) is 5.25 Å². The monoisotopic (exact) mass is 425 g/mol. The van der Waals surface area contributed by atoms with Crippen LogP contribution in [0, 0.1) is 5.92 Å². The molecule has 1 aromatic rings. The molecule has 1 atom stereocenters. The van der Waals surface area contributed by atoms with Gasteiger partial charge in [0, 0.05) is 12.1 Å². The Balaban J connectivity index is 1.67. The summed E-state index contributed by atoms with van der Waals surface area (Å²) in [7, 11) is 0. The van der Waals surface area contributed by atoms with Gasteiger partial charge in [-0.1, -0.05) is 49.3 Å².